The van der Waals surface area contributed by atoms with Gasteiger partial charge in [-0.15, -0.1) is 0 Å². The first-order valence-corrected chi connectivity index (χ1v) is 13.0. The maximum absolute atomic E-state index is 15.0. The number of halogens is 1. The monoisotopic (exact) mass is 460 g/mol. The molecule has 1 aromatic heterocycles. The summed E-state index contributed by atoms with van der Waals surface area (Å²) in [5.74, 6) is 0.649. The summed E-state index contributed by atoms with van der Waals surface area (Å²) < 4.78 is 39.5. The van der Waals surface area contributed by atoms with Gasteiger partial charge in [0.1, 0.15) is 0 Å². The molecule has 8 nitrogen and oxygen atoms in total. The van der Waals surface area contributed by atoms with Gasteiger partial charge >= 0.3 is 0 Å². The molecular weight excluding hydrogens is 431 g/mol. The lowest BCUT2D eigenvalue weighted by molar-refractivity contribution is 0.277. The van der Waals surface area contributed by atoms with Crippen molar-refractivity contribution in [1.29, 1.82) is 0 Å². The normalized spacial score (nSPS) is 25.9. The molecule has 0 radical (unpaired) electrons. The molecule has 0 spiro atoms. The average Bonchev–Trinajstić information content (AvgIpc) is 3.38. The zero-order valence-corrected chi connectivity index (χ0v) is 19.0. The molecule has 32 heavy (non-hydrogen) atoms. The van der Waals surface area contributed by atoms with E-state index in [0.29, 0.717) is 41.3 Å². The second kappa shape index (κ2) is 8.57. The summed E-state index contributed by atoms with van der Waals surface area (Å²) in [6.07, 6.45) is 5.82. The van der Waals surface area contributed by atoms with Crippen molar-refractivity contribution in [2.24, 2.45) is 5.92 Å². The Kier molecular flexibility index (Phi) is 5.77. The van der Waals surface area contributed by atoms with E-state index in [0.717, 1.165) is 37.8 Å². The number of aromatic nitrogens is 2. The highest BCUT2D eigenvalue weighted by Crippen LogP contribution is 2.34. The largest absolute Gasteiger partial charge is 0.351 e. The van der Waals surface area contributed by atoms with Crippen LogP contribution in [-0.2, 0) is 16.3 Å². The number of nitrogens with one attached hydrogen (secondary N) is 3. The third kappa shape index (κ3) is 3.95. The predicted octanol–water partition coefficient (Wildman–Crippen LogP) is 2.55. The van der Waals surface area contributed by atoms with Crippen LogP contribution in [0.3, 0.4) is 0 Å². The maximum atomic E-state index is 15.0. The first-order valence-electron chi connectivity index (χ1n) is 11.4. The molecule has 3 aliphatic rings. The fourth-order valence-corrected chi connectivity index (χ4v) is 6.88. The zero-order valence-electron chi connectivity index (χ0n) is 18.1. The summed E-state index contributed by atoms with van der Waals surface area (Å²) >= 11 is 0. The Bertz CT molecular complexity index is 1110. The van der Waals surface area contributed by atoms with Crippen molar-refractivity contribution in [2.45, 2.75) is 56.0 Å². The van der Waals surface area contributed by atoms with Crippen LogP contribution in [0.4, 0.5) is 21.8 Å². The summed E-state index contributed by atoms with van der Waals surface area (Å²) in [7, 11) is -3.24. The Morgan fingerprint density at radius 1 is 1.31 bits per heavy atom. The van der Waals surface area contributed by atoms with Crippen molar-refractivity contribution in [3.05, 3.63) is 35.8 Å². The van der Waals surface area contributed by atoms with Crippen LogP contribution in [0, 0.1) is 11.7 Å². The molecule has 3 heterocycles. The molecule has 0 amide bonds. The van der Waals surface area contributed by atoms with Crippen LogP contribution in [0.25, 0.3) is 0 Å². The van der Waals surface area contributed by atoms with Crippen LogP contribution in [-0.4, -0.2) is 49.3 Å². The van der Waals surface area contributed by atoms with Gasteiger partial charge in [-0.1, -0.05) is 13.0 Å². The minimum Gasteiger partial charge on any atom is -0.351 e. The molecule has 3 unspecified atom stereocenters. The Morgan fingerprint density at radius 3 is 3.03 bits per heavy atom. The first kappa shape index (κ1) is 21.5. The summed E-state index contributed by atoms with van der Waals surface area (Å²) in [6, 6.07) is 5.84. The van der Waals surface area contributed by atoms with E-state index in [-0.39, 0.29) is 17.7 Å². The van der Waals surface area contributed by atoms with Gasteiger partial charge in [0.2, 0.25) is 5.95 Å². The second-order valence-corrected chi connectivity index (χ2v) is 10.9. The van der Waals surface area contributed by atoms with Crippen molar-refractivity contribution < 1.29 is 12.8 Å². The molecule has 1 aliphatic carbocycles. The Morgan fingerprint density at radius 2 is 2.19 bits per heavy atom. The molecular formula is C22H29FN6O2S. The topological polar surface area (TPSA) is 99.2 Å². The van der Waals surface area contributed by atoms with Gasteiger partial charge in [0, 0.05) is 36.8 Å². The van der Waals surface area contributed by atoms with E-state index in [2.05, 4.69) is 38.0 Å². The zero-order chi connectivity index (χ0) is 22.3. The van der Waals surface area contributed by atoms with E-state index in [1.807, 2.05) is 12.1 Å². The lowest BCUT2D eigenvalue weighted by atomic mass is 9.80. The van der Waals surface area contributed by atoms with Gasteiger partial charge in [-0.2, -0.15) is 4.98 Å². The van der Waals surface area contributed by atoms with Crippen molar-refractivity contribution in [3.63, 3.8) is 0 Å². The number of sulfone groups is 1. The standard InChI is InChI=1S/C22H29FN6O2S/c1-2-9-29(19-5-3-4-18-16(19)12-25-28-18)21-17(23)13-24-22(27-21)26-15-7-6-14-8-10-32(30,31)20(14)11-15/h6-7,11,13,16,18-19,25,28H,2-5,8-10,12H2,1H3,(H,24,26,27). The quantitative estimate of drug-likeness (QED) is 0.605. The van der Waals surface area contributed by atoms with E-state index in [1.165, 1.54) is 6.20 Å². The summed E-state index contributed by atoms with van der Waals surface area (Å²) in [4.78, 5) is 11.1. The number of fused-ring (bicyclic) bond motifs is 2. The van der Waals surface area contributed by atoms with E-state index >= 15 is 0 Å². The minimum absolute atomic E-state index is 0.141. The third-order valence-corrected chi connectivity index (χ3v) is 8.60. The van der Waals surface area contributed by atoms with Gasteiger partial charge in [-0.25, -0.2) is 17.8 Å². The lowest BCUT2D eigenvalue weighted by Crippen LogP contribution is -2.49. The molecule has 0 bridgehead atoms. The van der Waals surface area contributed by atoms with Crippen LogP contribution in [0.5, 0.6) is 0 Å². The molecule has 172 valence electrons. The first-order chi connectivity index (χ1) is 15.5. The molecule has 1 saturated carbocycles. The van der Waals surface area contributed by atoms with Gasteiger partial charge in [-0.05, 0) is 49.8 Å². The SMILES string of the molecule is CCCN(c1nc(Nc2ccc3c(c2)S(=O)(=O)CC3)ncc1F)C1CCCC2NNCC21. The number of hydrazine groups is 1. The van der Waals surface area contributed by atoms with Crippen molar-refractivity contribution in [1.82, 2.24) is 20.8 Å². The minimum atomic E-state index is -3.24. The van der Waals surface area contributed by atoms with Gasteiger partial charge < -0.3 is 10.2 Å². The maximum Gasteiger partial charge on any atom is 0.229 e. The summed E-state index contributed by atoms with van der Waals surface area (Å²) in [5, 5.41) is 3.08. The molecule has 3 N–H and O–H groups in total. The summed E-state index contributed by atoms with van der Waals surface area (Å²) in [5.41, 5.74) is 8.03. The van der Waals surface area contributed by atoms with E-state index in [1.54, 1.807) is 6.07 Å². The Hall–Kier alpha value is -2.30. The van der Waals surface area contributed by atoms with Crippen LogP contribution in [0.15, 0.2) is 29.3 Å². The molecule has 1 aromatic carbocycles. The molecule has 2 fully saturated rings. The van der Waals surface area contributed by atoms with E-state index in [9.17, 15) is 12.8 Å². The molecule has 2 aliphatic heterocycles. The highest BCUT2D eigenvalue weighted by Gasteiger charge is 2.40. The van der Waals surface area contributed by atoms with Crippen LogP contribution in [0.2, 0.25) is 0 Å². The number of hydrogen-bond acceptors (Lipinski definition) is 8. The van der Waals surface area contributed by atoms with Crippen molar-refractivity contribution >= 4 is 27.3 Å². The van der Waals surface area contributed by atoms with Crippen LogP contribution in [0.1, 0.15) is 38.2 Å². The highest BCUT2D eigenvalue weighted by atomic mass is 32.2. The number of aryl methyl sites for hydroxylation is 1. The number of rotatable bonds is 6. The van der Waals surface area contributed by atoms with E-state index < -0.39 is 15.7 Å². The number of anilines is 3. The van der Waals surface area contributed by atoms with Gasteiger partial charge in [-0.3, -0.25) is 10.9 Å². The number of nitrogens with zero attached hydrogens (tertiary/aromatic N) is 3. The number of benzene rings is 1. The van der Waals surface area contributed by atoms with Crippen LogP contribution < -0.4 is 21.1 Å². The highest BCUT2D eigenvalue weighted by molar-refractivity contribution is 7.91. The third-order valence-electron chi connectivity index (χ3n) is 6.81. The molecule has 5 rings (SSSR count). The van der Waals surface area contributed by atoms with Gasteiger partial charge in [0.05, 0.1) is 16.8 Å². The number of hydrogen-bond donors (Lipinski definition) is 3. The average molecular weight is 461 g/mol. The van der Waals surface area contributed by atoms with Crippen molar-refractivity contribution in [3.8, 4) is 0 Å². The molecule has 3 atom stereocenters. The molecule has 1 saturated heterocycles. The lowest BCUT2D eigenvalue weighted by Gasteiger charge is -2.41. The summed E-state index contributed by atoms with van der Waals surface area (Å²) in [6.45, 7) is 3.65. The van der Waals surface area contributed by atoms with Crippen molar-refractivity contribution in [2.75, 3.05) is 29.1 Å². The van der Waals surface area contributed by atoms with Gasteiger partial charge in [0.15, 0.2) is 21.5 Å². The van der Waals surface area contributed by atoms with E-state index in [4.69, 9.17) is 0 Å². The Labute approximate surface area is 187 Å². The fourth-order valence-electron chi connectivity index (χ4n) is 5.30. The predicted molar refractivity (Wildman–Crippen MR) is 121 cm³/mol. The fraction of sp³-hybridized carbons (Fsp3) is 0.545. The smallest absolute Gasteiger partial charge is 0.229 e. The van der Waals surface area contributed by atoms with Gasteiger partial charge in [0.25, 0.3) is 0 Å². The molecule has 2 aromatic rings. The Balaban J connectivity index is 1.44. The van der Waals surface area contributed by atoms with Crippen LogP contribution >= 0.6 is 0 Å². The second-order valence-electron chi connectivity index (χ2n) is 8.87. The molecule has 10 heteroatoms.